The molecule has 3 aliphatic heterocycles. The molecule has 1 aliphatic carbocycles. The molecule has 1 aromatic heterocycles. The van der Waals surface area contributed by atoms with Crippen LogP contribution in [0.15, 0.2) is 15.8 Å². The Morgan fingerprint density at radius 2 is 2.03 bits per heavy atom. The summed E-state index contributed by atoms with van der Waals surface area (Å²) in [5, 5.41) is 6.46. The van der Waals surface area contributed by atoms with Crippen molar-refractivity contribution in [3.8, 4) is 0 Å². The van der Waals surface area contributed by atoms with Crippen molar-refractivity contribution in [1.29, 1.82) is 0 Å². The SMILES string of the molecule is O=C1CC(C(=O)NC2CC(=O)N(C3CN(C(=O)c4occ5c4CCC5)C3)C2)=NN1. The third kappa shape index (κ3) is 3.08. The minimum atomic E-state index is -0.430. The summed E-state index contributed by atoms with van der Waals surface area (Å²) >= 11 is 0. The molecule has 4 amide bonds. The highest BCUT2D eigenvalue weighted by atomic mass is 16.3. The van der Waals surface area contributed by atoms with E-state index in [-0.39, 0.29) is 48.4 Å². The number of nitrogens with one attached hydrogen (secondary N) is 2. The van der Waals surface area contributed by atoms with E-state index in [1.807, 2.05) is 0 Å². The van der Waals surface area contributed by atoms with Gasteiger partial charge in [-0.2, -0.15) is 5.10 Å². The van der Waals surface area contributed by atoms with Gasteiger partial charge in [-0.3, -0.25) is 19.2 Å². The Bertz CT molecular complexity index is 945. The second kappa shape index (κ2) is 6.71. The fourth-order valence-corrected chi connectivity index (χ4v) is 4.44. The van der Waals surface area contributed by atoms with E-state index in [1.165, 1.54) is 0 Å². The van der Waals surface area contributed by atoms with Crippen LogP contribution in [0.1, 0.15) is 40.9 Å². The second-order valence-corrected chi connectivity index (χ2v) is 7.98. The Hall–Kier alpha value is -3.17. The third-order valence-electron chi connectivity index (χ3n) is 6.04. The fourth-order valence-electron chi connectivity index (χ4n) is 4.44. The molecule has 0 aromatic carbocycles. The summed E-state index contributed by atoms with van der Waals surface area (Å²) in [7, 11) is 0. The maximum Gasteiger partial charge on any atom is 0.289 e. The molecule has 0 spiro atoms. The van der Waals surface area contributed by atoms with Gasteiger partial charge in [-0.25, -0.2) is 5.43 Å². The fraction of sp³-hybridized carbons (Fsp3) is 0.526. The third-order valence-corrected chi connectivity index (χ3v) is 6.04. The minimum Gasteiger partial charge on any atom is -0.459 e. The van der Waals surface area contributed by atoms with Gasteiger partial charge in [0.15, 0.2) is 5.76 Å². The van der Waals surface area contributed by atoms with E-state index < -0.39 is 5.91 Å². The van der Waals surface area contributed by atoms with Gasteiger partial charge >= 0.3 is 0 Å². The predicted octanol–water partition coefficient (Wildman–Crippen LogP) is -0.814. The molecule has 2 saturated heterocycles. The number of likely N-dealkylation sites (tertiary alicyclic amines) is 2. The first kappa shape index (κ1) is 17.9. The Balaban J connectivity index is 1.15. The number of rotatable bonds is 4. The molecule has 1 aromatic rings. The van der Waals surface area contributed by atoms with Crippen molar-refractivity contribution in [2.75, 3.05) is 19.6 Å². The van der Waals surface area contributed by atoms with Gasteiger partial charge < -0.3 is 19.5 Å². The van der Waals surface area contributed by atoms with E-state index in [4.69, 9.17) is 4.42 Å². The zero-order chi connectivity index (χ0) is 20.1. The molecule has 10 nitrogen and oxygen atoms in total. The van der Waals surface area contributed by atoms with Crippen LogP contribution in [0.2, 0.25) is 0 Å². The second-order valence-electron chi connectivity index (χ2n) is 7.98. The normalized spacial score (nSPS) is 23.7. The van der Waals surface area contributed by atoms with E-state index in [2.05, 4.69) is 15.8 Å². The molecule has 5 rings (SSSR count). The van der Waals surface area contributed by atoms with Gasteiger partial charge in [-0.05, 0) is 24.8 Å². The monoisotopic (exact) mass is 399 g/mol. The molecule has 29 heavy (non-hydrogen) atoms. The number of carbonyl (C=O) groups excluding carboxylic acids is 4. The summed E-state index contributed by atoms with van der Waals surface area (Å²) in [6, 6.07) is -0.380. The molecule has 4 heterocycles. The number of amides is 4. The molecule has 2 N–H and O–H groups in total. The summed E-state index contributed by atoms with van der Waals surface area (Å²) in [5.74, 6) is -0.471. The van der Waals surface area contributed by atoms with Crippen LogP contribution in [0.4, 0.5) is 0 Å². The van der Waals surface area contributed by atoms with E-state index in [0.717, 1.165) is 30.4 Å². The Morgan fingerprint density at radius 1 is 1.21 bits per heavy atom. The zero-order valence-electron chi connectivity index (χ0n) is 15.8. The highest BCUT2D eigenvalue weighted by Gasteiger charge is 2.43. The highest BCUT2D eigenvalue weighted by Crippen LogP contribution is 2.30. The van der Waals surface area contributed by atoms with Crippen molar-refractivity contribution in [2.24, 2.45) is 5.10 Å². The average molecular weight is 399 g/mol. The van der Waals surface area contributed by atoms with Crippen LogP contribution >= 0.6 is 0 Å². The number of hydrazone groups is 1. The summed E-state index contributed by atoms with van der Waals surface area (Å²) in [6.45, 7) is 1.32. The Kier molecular flexibility index (Phi) is 4.14. The van der Waals surface area contributed by atoms with E-state index in [0.29, 0.717) is 25.4 Å². The molecule has 0 bridgehead atoms. The summed E-state index contributed by atoms with van der Waals surface area (Å²) < 4.78 is 5.50. The smallest absolute Gasteiger partial charge is 0.289 e. The first-order valence-corrected chi connectivity index (χ1v) is 9.84. The molecular weight excluding hydrogens is 378 g/mol. The number of carbonyl (C=O) groups is 4. The molecule has 1 atom stereocenters. The summed E-state index contributed by atoms with van der Waals surface area (Å²) in [6.07, 6.45) is 4.73. The topological polar surface area (TPSA) is 124 Å². The maximum absolute atomic E-state index is 12.7. The standard InChI is InChI=1S/C19H21N5O5/c25-15-5-14(21-22-15)18(27)20-11-4-16(26)24(6-11)12-7-23(8-12)19(28)17-13-3-1-2-10(13)9-29-17/h9,11-12H,1-8H2,(H,20,27)(H,22,25). The van der Waals surface area contributed by atoms with Crippen LogP contribution in [0.5, 0.6) is 0 Å². The van der Waals surface area contributed by atoms with E-state index in [1.54, 1.807) is 16.1 Å². The molecule has 10 heteroatoms. The predicted molar refractivity (Wildman–Crippen MR) is 98.9 cm³/mol. The van der Waals surface area contributed by atoms with Crippen LogP contribution in [0, 0.1) is 0 Å². The van der Waals surface area contributed by atoms with Gasteiger partial charge in [0.25, 0.3) is 11.8 Å². The van der Waals surface area contributed by atoms with Gasteiger partial charge in [-0.1, -0.05) is 0 Å². The lowest BCUT2D eigenvalue weighted by Gasteiger charge is -2.43. The molecule has 2 fully saturated rings. The lowest BCUT2D eigenvalue weighted by atomic mass is 10.1. The Morgan fingerprint density at radius 3 is 2.79 bits per heavy atom. The Labute approximate surface area is 166 Å². The van der Waals surface area contributed by atoms with Gasteiger partial charge in [-0.15, -0.1) is 0 Å². The largest absolute Gasteiger partial charge is 0.459 e. The number of furan rings is 1. The van der Waals surface area contributed by atoms with Crippen molar-refractivity contribution in [1.82, 2.24) is 20.5 Å². The minimum absolute atomic E-state index is 0.0474. The molecule has 152 valence electrons. The van der Waals surface area contributed by atoms with Crippen LogP contribution in [0.3, 0.4) is 0 Å². The number of aryl methyl sites for hydroxylation is 1. The number of hydrogen-bond acceptors (Lipinski definition) is 6. The van der Waals surface area contributed by atoms with Crippen molar-refractivity contribution in [3.63, 3.8) is 0 Å². The van der Waals surface area contributed by atoms with Crippen LogP contribution < -0.4 is 10.7 Å². The molecule has 0 radical (unpaired) electrons. The maximum atomic E-state index is 12.7. The first-order valence-electron chi connectivity index (χ1n) is 9.84. The number of hydrogen-bond donors (Lipinski definition) is 2. The van der Waals surface area contributed by atoms with Crippen molar-refractivity contribution in [3.05, 3.63) is 23.2 Å². The molecular formula is C19H21N5O5. The average Bonchev–Trinajstić information content (AvgIpc) is 3.38. The van der Waals surface area contributed by atoms with Gasteiger partial charge in [0.1, 0.15) is 5.71 Å². The van der Waals surface area contributed by atoms with Gasteiger partial charge in [0.2, 0.25) is 11.8 Å². The number of fused-ring (bicyclic) bond motifs is 1. The highest BCUT2D eigenvalue weighted by molar-refractivity contribution is 6.43. The number of nitrogens with zero attached hydrogens (tertiary/aromatic N) is 3. The summed E-state index contributed by atoms with van der Waals surface area (Å²) in [4.78, 5) is 51.8. The molecule has 0 saturated carbocycles. The van der Waals surface area contributed by atoms with Crippen LogP contribution in [0.25, 0.3) is 0 Å². The van der Waals surface area contributed by atoms with E-state index >= 15 is 0 Å². The lowest BCUT2D eigenvalue weighted by Crippen LogP contribution is -2.61. The summed E-state index contributed by atoms with van der Waals surface area (Å²) in [5.41, 5.74) is 4.53. The lowest BCUT2D eigenvalue weighted by molar-refractivity contribution is -0.132. The van der Waals surface area contributed by atoms with Crippen molar-refractivity contribution < 1.29 is 23.6 Å². The van der Waals surface area contributed by atoms with Gasteiger partial charge in [0, 0.05) is 31.6 Å². The van der Waals surface area contributed by atoms with Crippen molar-refractivity contribution >= 4 is 29.3 Å². The van der Waals surface area contributed by atoms with Crippen molar-refractivity contribution in [2.45, 2.75) is 44.2 Å². The van der Waals surface area contributed by atoms with Crippen LogP contribution in [-0.4, -0.2) is 70.9 Å². The molecule has 1 unspecified atom stereocenters. The quantitative estimate of drug-likeness (QED) is 0.685. The van der Waals surface area contributed by atoms with Crippen LogP contribution in [-0.2, 0) is 27.2 Å². The zero-order valence-corrected chi connectivity index (χ0v) is 15.8. The first-order chi connectivity index (χ1) is 14.0. The molecule has 4 aliphatic rings. The van der Waals surface area contributed by atoms with E-state index in [9.17, 15) is 19.2 Å². The van der Waals surface area contributed by atoms with Gasteiger partial charge in [0.05, 0.1) is 24.8 Å².